The van der Waals surface area contributed by atoms with Gasteiger partial charge in [-0.15, -0.1) is 23.7 Å². The molecule has 0 aromatic carbocycles. The largest absolute Gasteiger partial charge is 0.433 e. The number of nitro groups is 1. The van der Waals surface area contributed by atoms with Crippen LogP contribution in [0.5, 0.6) is 0 Å². The number of nitrogens with one attached hydrogen (secondary N) is 1. The van der Waals surface area contributed by atoms with Crippen molar-refractivity contribution in [1.82, 2.24) is 9.97 Å². The van der Waals surface area contributed by atoms with Crippen molar-refractivity contribution < 1.29 is 9.34 Å². The van der Waals surface area contributed by atoms with Crippen molar-refractivity contribution in [2.24, 2.45) is 5.73 Å². The van der Waals surface area contributed by atoms with Crippen molar-refractivity contribution in [1.29, 1.82) is 0 Å². The van der Waals surface area contributed by atoms with Crippen LogP contribution < -0.4 is 11.1 Å². The summed E-state index contributed by atoms with van der Waals surface area (Å²) in [6.07, 6.45) is 0. The summed E-state index contributed by atoms with van der Waals surface area (Å²) in [5, 5.41) is 16.6. The van der Waals surface area contributed by atoms with Crippen LogP contribution in [0.25, 0.3) is 21.8 Å². The van der Waals surface area contributed by atoms with Gasteiger partial charge >= 0.3 is 5.88 Å². The minimum Gasteiger partial charge on any atom is -0.397 e. The normalized spacial score (nSPS) is 10.4. The number of hydrogen-bond acceptors (Lipinski definition) is 8. The lowest BCUT2D eigenvalue weighted by Gasteiger charge is -2.06. The first-order valence-corrected chi connectivity index (χ1v) is 7.01. The molecule has 0 saturated carbocycles. The molecule has 0 saturated heterocycles. The van der Waals surface area contributed by atoms with E-state index in [1.54, 1.807) is 0 Å². The second-order valence-corrected chi connectivity index (χ2v) is 5.04. The average Bonchev–Trinajstić information content (AvgIpc) is 3.12. The van der Waals surface area contributed by atoms with Crippen molar-refractivity contribution in [3.63, 3.8) is 0 Å². The first-order chi connectivity index (χ1) is 10.2. The predicted molar refractivity (Wildman–Crippen MR) is 86.6 cm³/mol. The van der Waals surface area contributed by atoms with Gasteiger partial charge in [0.25, 0.3) is 0 Å². The fourth-order valence-electron chi connectivity index (χ4n) is 1.84. The lowest BCUT2D eigenvalue weighted by atomic mass is 10.3. The molecule has 0 aliphatic rings. The van der Waals surface area contributed by atoms with Gasteiger partial charge in [-0.25, -0.2) is 9.97 Å². The quantitative estimate of drug-likeness (QED) is 0.540. The minimum absolute atomic E-state index is 0. The Morgan fingerprint density at radius 3 is 2.86 bits per heavy atom. The van der Waals surface area contributed by atoms with Crippen molar-refractivity contribution in [3.05, 3.63) is 33.7 Å². The van der Waals surface area contributed by atoms with Crippen molar-refractivity contribution in [2.45, 2.75) is 0 Å². The third-order valence-electron chi connectivity index (χ3n) is 2.75. The highest BCUT2D eigenvalue weighted by molar-refractivity contribution is 7.16. The fraction of sp³-hybridized carbons (Fsp3) is 0.167. The monoisotopic (exact) mass is 341 g/mol. The average molecular weight is 342 g/mol. The summed E-state index contributed by atoms with van der Waals surface area (Å²) in [4.78, 5) is 19.6. The Morgan fingerprint density at radius 2 is 2.18 bits per heavy atom. The molecule has 0 unspecified atom stereocenters. The summed E-state index contributed by atoms with van der Waals surface area (Å²) in [5.74, 6) is 0.863. The molecular weight excluding hydrogens is 330 g/mol. The zero-order valence-electron chi connectivity index (χ0n) is 11.2. The Kier molecular flexibility index (Phi) is 4.91. The fourth-order valence-corrected chi connectivity index (χ4v) is 2.60. The van der Waals surface area contributed by atoms with Crippen LogP contribution in [0.4, 0.5) is 11.7 Å². The summed E-state index contributed by atoms with van der Waals surface area (Å²) >= 11 is 1.46. The van der Waals surface area contributed by atoms with Gasteiger partial charge in [-0.05, 0) is 17.5 Å². The Morgan fingerprint density at radius 1 is 1.36 bits per heavy atom. The zero-order valence-corrected chi connectivity index (χ0v) is 12.8. The molecule has 0 atom stereocenters. The predicted octanol–water partition coefficient (Wildman–Crippen LogP) is 2.65. The van der Waals surface area contributed by atoms with Crippen LogP contribution in [0.1, 0.15) is 0 Å². The first kappa shape index (κ1) is 16.1. The van der Waals surface area contributed by atoms with Crippen LogP contribution in [0.15, 0.2) is 28.0 Å². The number of aromatic nitrogens is 2. The minimum atomic E-state index is -0.596. The lowest BCUT2D eigenvalue weighted by molar-refractivity contribution is -0.401. The topological polar surface area (TPSA) is 120 Å². The number of halogens is 1. The number of nitrogens with two attached hydrogens (primary N) is 1. The molecule has 0 bridgehead atoms. The van der Waals surface area contributed by atoms with E-state index in [9.17, 15) is 10.1 Å². The first-order valence-electron chi connectivity index (χ1n) is 6.13. The molecule has 0 radical (unpaired) electrons. The van der Waals surface area contributed by atoms with Crippen LogP contribution in [-0.4, -0.2) is 28.0 Å². The molecule has 10 heteroatoms. The van der Waals surface area contributed by atoms with Crippen molar-refractivity contribution >= 4 is 45.7 Å². The molecule has 116 valence electrons. The van der Waals surface area contributed by atoms with E-state index in [1.165, 1.54) is 23.5 Å². The Balaban J connectivity index is 0.00000176. The Bertz CT molecular complexity index is 803. The van der Waals surface area contributed by atoms with Gasteiger partial charge in [-0.2, -0.15) is 0 Å². The van der Waals surface area contributed by atoms with E-state index in [4.69, 9.17) is 10.2 Å². The number of thiophene rings is 1. The number of anilines is 1. The number of nitrogens with zero attached hydrogens (tertiary/aromatic N) is 3. The van der Waals surface area contributed by atoms with Crippen LogP contribution >= 0.6 is 23.7 Å². The molecule has 0 aliphatic heterocycles. The van der Waals surface area contributed by atoms with Gasteiger partial charge in [-0.1, -0.05) is 0 Å². The van der Waals surface area contributed by atoms with Gasteiger partial charge < -0.3 is 15.5 Å². The third-order valence-corrected chi connectivity index (χ3v) is 3.56. The highest BCUT2D eigenvalue weighted by Crippen LogP contribution is 2.30. The van der Waals surface area contributed by atoms with E-state index in [0.29, 0.717) is 24.7 Å². The SMILES string of the molecule is Cl.NCCNc1nc(-c2ccc([N+](=O)[O-])o2)nc2sccc12. The number of furan rings is 1. The van der Waals surface area contributed by atoms with Crippen LogP contribution in [-0.2, 0) is 0 Å². The molecule has 3 rings (SSSR count). The third kappa shape index (κ3) is 3.01. The maximum atomic E-state index is 10.7. The van der Waals surface area contributed by atoms with E-state index in [1.807, 2.05) is 11.4 Å². The molecule has 0 fully saturated rings. The van der Waals surface area contributed by atoms with E-state index < -0.39 is 4.92 Å². The Hall–Kier alpha value is -2.23. The van der Waals surface area contributed by atoms with Crippen molar-refractivity contribution in [3.8, 4) is 11.6 Å². The second kappa shape index (κ2) is 6.69. The van der Waals surface area contributed by atoms with Crippen LogP contribution in [0.2, 0.25) is 0 Å². The molecule has 3 aromatic heterocycles. The van der Waals surface area contributed by atoms with E-state index in [0.717, 1.165) is 10.2 Å². The zero-order chi connectivity index (χ0) is 14.8. The molecule has 22 heavy (non-hydrogen) atoms. The standard InChI is InChI=1S/C12H11N5O3S.ClH/c13-4-5-14-10-7-3-6-21-12(7)16-11(15-10)8-1-2-9(20-8)17(18)19;/h1-3,6H,4-5,13H2,(H,14,15,16);1H. The number of fused-ring (bicyclic) bond motifs is 1. The summed E-state index contributed by atoms with van der Waals surface area (Å²) in [6.45, 7) is 1.04. The Labute approximate surface area is 134 Å². The number of hydrogen-bond donors (Lipinski definition) is 2. The molecular formula is C12H12ClN5O3S. The molecule has 8 nitrogen and oxygen atoms in total. The van der Waals surface area contributed by atoms with Gasteiger partial charge in [-0.3, -0.25) is 10.1 Å². The smallest absolute Gasteiger partial charge is 0.397 e. The molecule has 0 amide bonds. The highest BCUT2D eigenvalue weighted by Gasteiger charge is 2.17. The molecule has 3 aromatic rings. The highest BCUT2D eigenvalue weighted by atomic mass is 35.5. The maximum Gasteiger partial charge on any atom is 0.433 e. The lowest BCUT2D eigenvalue weighted by Crippen LogP contribution is -2.14. The van der Waals surface area contributed by atoms with Crippen LogP contribution in [0.3, 0.4) is 0 Å². The van der Waals surface area contributed by atoms with Gasteiger partial charge in [0.1, 0.15) is 15.6 Å². The van der Waals surface area contributed by atoms with Crippen molar-refractivity contribution in [2.75, 3.05) is 18.4 Å². The molecule has 3 N–H and O–H groups in total. The van der Waals surface area contributed by atoms with Gasteiger partial charge in [0, 0.05) is 13.1 Å². The van der Waals surface area contributed by atoms with Gasteiger partial charge in [0.05, 0.1) is 11.5 Å². The molecule has 0 spiro atoms. The summed E-state index contributed by atoms with van der Waals surface area (Å²) in [7, 11) is 0. The summed E-state index contributed by atoms with van der Waals surface area (Å²) in [5.41, 5.74) is 5.48. The van der Waals surface area contributed by atoms with E-state index >= 15 is 0 Å². The van der Waals surface area contributed by atoms with Gasteiger partial charge in [0.2, 0.25) is 0 Å². The number of rotatable bonds is 5. The van der Waals surface area contributed by atoms with Gasteiger partial charge in [0.15, 0.2) is 11.6 Å². The summed E-state index contributed by atoms with van der Waals surface area (Å²) < 4.78 is 5.14. The van der Waals surface area contributed by atoms with E-state index in [-0.39, 0.29) is 24.1 Å². The second-order valence-electron chi connectivity index (χ2n) is 4.15. The van der Waals surface area contributed by atoms with Crippen LogP contribution in [0, 0.1) is 10.1 Å². The maximum absolute atomic E-state index is 10.7. The van der Waals surface area contributed by atoms with E-state index in [2.05, 4.69) is 15.3 Å². The molecule has 3 heterocycles. The summed E-state index contributed by atoms with van der Waals surface area (Å²) in [6, 6.07) is 4.68. The molecule has 0 aliphatic carbocycles.